The molecule has 128 valence electrons. The quantitative estimate of drug-likeness (QED) is 0.562. The van der Waals surface area contributed by atoms with Gasteiger partial charge in [-0.2, -0.15) is 0 Å². The normalized spacial score (nSPS) is 21.8. The van der Waals surface area contributed by atoms with E-state index < -0.39 is 0 Å². The van der Waals surface area contributed by atoms with Crippen molar-refractivity contribution in [1.82, 2.24) is 9.88 Å². The molecule has 1 heterocycles. The molecule has 0 radical (unpaired) electrons. The third kappa shape index (κ3) is 5.22. The predicted molar refractivity (Wildman–Crippen MR) is 96.7 cm³/mol. The molecule has 0 saturated heterocycles. The first-order valence-electron chi connectivity index (χ1n) is 8.90. The van der Waals surface area contributed by atoms with E-state index in [4.69, 9.17) is 4.74 Å². The third-order valence-corrected chi connectivity index (χ3v) is 4.88. The molecule has 0 atom stereocenters. The lowest BCUT2D eigenvalue weighted by Crippen LogP contribution is -2.24. The van der Waals surface area contributed by atoms with E-state index in [1.807, 2.05) is 32.4 Å². The molecular weight excluding hydrogens is 286 g/mol. The van der Waals surface area contributed by atoms with Gasteiger partial charge in [0.05, 0.1) is 17.7 Å². The minimum absolute atomic E-state index is 0.325. The van der Waals surface area contributed by atoms with Crippen LogP contribution in [0, 0.1) is 12.8 Å². The molecule has 1 aliphatic rings. The summed E-state index contributed by atoms with van der Waals surface area (Å²) in [6, 6.07) is 4.38. The number of nitrogens with zero attached hydrogens (tertiary/aromatic N) is 3. The molecule has 0 aromatic carbocycles. The lowest BCUT2D eigenvalue weighted by molar-refractivity contribution is 0.124. The fourth-order valence-electron chi connectivity index (χ4n) is 2.85. The Hall–Kier alpha value is -1.58. The summed E-state index contributed by atoms with van der Waals surface area (Å²) in [6.45, 7) is 8.55. The lowest BCUT2D eigenvalue weighted by Gasteiger charge is -2.28. The maximum absolute atomic E-state index is 6.07. The van der Waals surface area contributed by atoms with Crippen LogP contribution in [-0.4, -0.2) is 35.4 Å². The molecule has 4 nitrogen and oxygen atoms in total. The van der Waals surface area contributed by atoms with Gasteiger partial charge in [-0.3, -0.25) is 0 Å². The summed E-state index contributed by atoms with van der Waals surface area (Å²) >= 11 is 0. The van der Waals surface area contributed by atoms with E-state index in [1.54, 1.807) is 0 Å². The van der Waals surface area contributed by atoms with Crippen LogP contribution in [0.4, 0.5) is 5.69 Å². The number of aliphatic imine (C=N–C) groups is 1. The Morgan fingerprint density at radius 1 is 1.30 bits per heavy atom. The molecule has 0 spiro atoms. The Bertz CT molecular complexity index is 519. The summed E-state index contributed by atoms with van der Waals surface area (Å²) < 4.78 is 6.07. The van der Waals surface area contributed by atoms with Gasteiger partial charge in [0.1, 0.15) is 6.10 Å². The summed E-state index contributed by atoms with van der Waals surface area (Å²) in [7, 11) is 2.03. The molecule has 0 bridgehead atoms. The molecule has 1 aromatic rings. The highest BCUT2D eigenvalue weighted by Gasteiger charge is 2.21. The van der Waals surface area contributed by atoms with Crippen LogP contribution in [0.3, 0.4) is 0 Å². The molecule has 0 unspecified atom stereocenters. The molecule has 1 aromatic heterocycles. The van der Waals surface area contributed by atoms with Crippen molar-refractivity contribution in [3.63, 3.8) is 0 Å². The number of rotatable bonds is 6. The van der Waals surface area contributed by atoms with Gasteiger partial charge in [-0.25, -0.2) is 9.98 Å². The van der Waals surface area contributed by atoms with Crippen molar-refractivity contribution in [3.8, 4) is 5.88 Å². The number of hydrogen-bond donors (Lipinski definition) is 0. The van der Waals surface area contributed by atoms with Crippen LogP contribution in [0.25, 0.3) is 0 Å². The van der Waals surface area contributed by atoms with Crippen LogP contribution >= 0.6 is 0 Å². The Morgan fingerprint density at radius 3 is 2.57 bits per heavy atom. The van der Waals surface area contributed by atoms with Crippen molar-refractivity contribution in [2.75, 3.05) is 7.05 Å². The lowest BCUT2D eigenvalue weighted by atomic mass is 9.86. The van der Waals surface area contributed by atoms with E-state index in [0.29, 0.717) is 12.1 Å². The number of ether oxygens (including phenoxy) is 1. The zero-order chi connectivity index (χ0) is 16.8. The van der Waals surface area contributed by atoms with Crippen molar-refractivity contribution in [3.05, 3.63) is 17.8 Å². The largest absolute Gasteiger partial charge is 0.474 e. The van der Waals surface area contributed by atoms with Gasteiger partial charge in [0.25, 0.3) is 0 Å². The van der Waals surface area contributed by atoms with E-state index in [1.165, 1.54) is 19.3 Å². The first kappa shape index (κ1) is 17.8. The fraction of sp³-hybridized carbons (Fsp3) is 0.684. The van der Waals surface area contributed by atoms with Crippen LogP contribution < -0.4 is 4.74 Å². The second-order valence-electron chi connectivity index (χ2n) is 6.93. The molecule has 1 fully saturated rings. The van der Waals surface area contributed by atoms with Crippen LogP contribution in [0.2, 0.25) is 0 Å². The van der Waals surface area contributed by atoms with Crippen molar-refractivity contribution in [2.45, 2.75) is 71.9 Å². The Balaban J connectivity index is 1.94. The number of aromatic nitrogens is 1. The Morgan fingerprint density at radius 2 is 2.00 bits per heavy atom. The van der Waals surface area contributed by atoms with Crippen LogP contribution in [0.15, 0.2) is 17.1 Å². The topological polar surface area (TPSA) is 37.7 Å². The minimum Gasteiger partial charge on any atom is -0.474 e. The molecule has 2 rings (SSSR count). The van der Waals surface area contributed by atoms with Gasteiger partial charge in [0.2, 0.25) is 5.88 Å². The predicted octanol–water partition coefficient (Wildman–Crippen LogP) is 4.74. The zero-order valence-electron chi connectivity index (χ0n) is 15.2. The summed E-state index contributed by atoms with van der Waals surface area (Å²) in [6.07, 6.45) is 8.35. The van der Waals surface area contributed by atoms with E-state index in [-0.39, 0.29) is 0 Å². The second kappa shape index (κ2) is 8.32. The Kier molecular flexibility index (Phi) is 6.43. The molecular formula is C19H31N3O. The summed E-state index contributed by atoms with van der Waals surface area (Å²) in [5, 5.41) is 0. The number of hydrogen-bond acceptors (Lipinski definition) is 3. The molecule has 4 heteroatoms. The van der Waals surface area contributed by atoms with Crippen LogP contribution in [0.5, 0.6) is 5.88 Å². The Labute approximate surface area is 141 Å². The van der Waals surface area contributed by atoms with Gasteiger partial charge < -0.3 is 9.64 Å². The maximum atomic E-state index is 6.07. The molecule has 1 aliphatic carbocycles. The van der Waals surface area contributed by atoms with E-state index in [0.717, 1.165) is 36.0 Å². The maximum Gasteiger partial charge on any atom is 0.213 e. The van der Waals surface area contributed by atoms with E-state index >= 15 is 0 Å². The molecule has 1 saturated carbocycles. The highest BCUT2D eigenvalue weighted by molar-refractivity contribution is 5.62. The summed E-state index contributed by atoms with van der Waals surface area (Å²) in [5.41, 5.74) is 1.82. The first-order valence-corrected chi connectivity index (χ1v) is 8.90. The van der Waals surface area contributed by atoms with Gasteiger partial charge in [-0.15, -0.1) is 0 Å². The fourth-order valence-corrected chi connectivity index (χ4v) is 2.85. The monoisotopic (exact) mass is 317 g/mol. The summed E-state index contributed by atoms with van der Waals surface area (Å²) in [4.78, 5) is 11.2. The average Bonchev–Trinajstić information content (AvgIpc) is 2.54. The molecule has 0 amide bonds. The van der Waals surface area contributed by atoms with Gasteiger partial charge in [0, 0.05) is 19.2 Å². The van der Waals surface area contributed by atoms with Crippen molar-refractivity contribution in [1.29, 1.82) is 0 Å². The van der Waals surface area contributed by atoms with Gasteiger partial charge >= 0.3 is 0 Å². The molecule has 0 aliphatic heterocycles. The van der Waals surface area contributed by atoms with E-state index in [9.17, 15) is 0 Å². The standard InChI is InChI=1S/C19H31N3O/c1-6-16-7-9-17(10-8-16)23-19-12-11-18(15(4)21-19)20-13-22(5)14(2)3/h11-14,16-17H,6-10H2,1-5H3. The van der Waals surface area contributed by atoms with Crippen LogP contribution in [0.1, 0.15) is 58.6 Å². The van der Waals surface area contributed by atoms with Crippen molar-refractivity contribution >= 4 is 12.0 Å². The van der Waals surface area contributed by atoms with E-state index in [2.05, 4.69) is 35.6 Å². The van der Waals surface area contributed by atoms with Crippen LogP contribution in [-0.2, 0) is 0 Å². The smallest absolute Gasteiger partial charge is 0.213 e. The highest BCUT2D eigenvalue weighted by atomic mass is 16.5. The first-order chi connectivity index (χ1) is 11.0. The molecule has 0 N–H and O–H groups in total. The van der Waals surface area contributed by atoms with Crippen molar-refractivity contribution in [2.24, 2.45) is 10.9 Å². The third-order valence-electron chi connectivity index (χ3n) is 4.88. The zero-order valence-corrected chi connectivity index (χ0v) is 15.2. The van der Waals surface area contributed by atoms with Gasteiger partial charge in [-0.05, 0) is 58.4 Å². The molecule has 23 heavy (non-hydrogen) atoms. The number of pyridine rings is 1. The highest BCUT2D eigenvalue weighted by Crippen LogP contribution is 2.29. The average molecular weight is 317 g/mol. The minimum atomic E-state index is 0.325. The van der Waals surface area contributed by atoms with Gasteiger partial charge in [-0.1, -0.05) is 13.3 Å². The van der Waals surface area contributed by atoms with Crippen molar-refractivity contribution < 1.29 is 4.74 Å². The second-order valence-corrected chi connectivity index (χ2v) is 6.93. The summed E-state index contributed by atoms with van der Waals surface area (Å²) in [5.74, 6) is 1.62. The SMILES string of the molecule is CCC1CCC(Oc2ccc(N=CN(C)C(C)C)c(C)n2)CC1. The number of aryl methyl sites for hydroxylation is 1. The van der Waals surface area contributed by atoms with Gasteiger partial charge in [0.15, 0.2) is 0 Å².